The predicted octanol–water partition coefficient (Wildman–Crippen LogP) is 1.79. The van der Waals surface area contributed by atoms with Gasteiger partial charge in [0.25, 0.3) is 5.69 Å². The van der Waals surface area contributed by atoms with Crippen LogP contribution in [0.3, 0.4) is 0 Å². The van der Waals surface area contributed by atoms with E-state index in [-0.39, 0.29) is 29.8 Å². The Bertz CT molecular complexity index is 433. The van der Waals surface area contributed by atoms with Gasteiger partial charge in [0.15, 0.2) is 5.78 Å². The molecule has 0 radical (unpaired) electrons. The third-order valence-electron chi connectivity index (χ3n) is 2.73. The summed E-state index contributed by atoms with van der Waals surface area (Å²) in [5.74, 6) is 0.799. The molecular weight excluding hydrogens is 254 g/mol. The molecule has 1 rings (SSSR count). The molecule has 6 nitrogen and oxygen atoms in total. The maximum Gasteiger partial charge on any atom is 0.287 e. The van der Waals surface area contributed by atoms with Crippen molar-refractivity contribution in [2.75, 3.05) is 25.6 Å². The van der Waals surface area contributed by atoms with Crippen molar-refractivity contribution in [1.29, 1.82) is 0 Å². The minimum absolute atomic E-state index is 0.0850. The fourth-order valence-electron chi connectivity index (χ4n) is 1.49. The van der Waals surface area contributed by atoms with Gasteiger partial charge >= 0.3 is 0 Å². The molecule has 0 saturated heterocycles. The zero-order valence-corrected chi connectivity index (χ0v) is 11.5. The van der Waals surface area contributed by atoms with Gasteiger partial charge in [-0.3, -0.25) is 19.8 Å². The SMILES string of the molecule is CSCC(C)N(C)CC(=O)c1cc([N+](=O)[O-])c[nH]1. The lowest BCUT2D eigenvalue weighted by Crippen LogP contribution is -2.35. The molecule has 0 aliphatic rings. The number of nitrogens with zero attached hydrogens (tertiary/aromatic N) is 2. The monoisotopic (exact) mass is 271 g/mol. The number of nitrogens with one attached hydrogen (secondary N) is 1. The van der Waals surface area contributed by atoms with Gasteiger partial charge in [0, 0.05) is 17.9 Å². The average molecular weight is 271 g/mol. The molecule has 0 aromatic carbocycles. The topological polar surface area (TPSA) is 79.2 Å². The average Bonchev–Trinajstić information content (AvgIpc) is 2.78. The van der Waals surface area contributed by atoms with E-state index in [9.17, 15) is 14.9 Å². The lowest BCUT2D eigenvalue weighted by atomic mass is 10.2. The Balaban J connectivity index is 2.61. The van der Waals surface area contributed by atoms with E-state index in [1.807, 2.05) is 25.1 Å². The summed E-state index contributed by atoms with van der Waals surface area (Å²) in [5.41, 5.74) is 0.197. The van der Waals surface area contributed by atoms with E-state index in [1.54, 1.807) is 11.8 Å². The third-order valence-corrected chi connectivity index (χ3v) is 3.55. The summed E-state index contributed by atoms with van der Waals surface area (Å²) in [5, 5.41) is 10.5. The van der Waals surface area contributed by atoms with E-state index in [2.05, 4.69) is 4.98 Å². The molecule has 100 valence electrons. The van der Waals surface area contributed by atoms with Crippen LogP contribution in [0.2, 0.25) is 0 Å². The molecule has 1 aromatic heterocycles. The van der Waals surface area contributed by atoms with Gasteiger partial charge in [-0.2, -0.15) is 11.8 Å². The Morgan fingerprint density at radius 1 is 1.67 bits per heavy atom. The molecule has 1 aromatic rings. The second kappa shape index (κ2) is 6.55. The smallest absolute Gasteiger partial charge is 0.287 e. The van der Waals surface area contributed by atoms with Crippen molar-refractivity contribution in [3.8, 4) is 0 Å². The molecule has 1 N–H and O–H groups in total. The van der Waals surface area contributed by atoms with E-state index in [4.69, 9.17) is 0 Å². The highest BCUT2D eigenvalue weighted by Crippen LogP contribution is 2.13. The van der Waals surface area contributed by atoms with E-state index < -0.39 is 4.92 Å². The van der Waals surface area contributed by atoms with Crippen molar-refractivity contribution in [1.82, 2.24) is 9.88 Å². The number of likely N-dealkylation sites (N-methyl/N-ethyl adjacent to an activating group) is 1. The fraction of sp³-hybridized carbons (Fsp3) is 0.545. The number of thioether (sulfide) groups is 1. The second-order valence-electron chi connectivity index (χ2n) is 4.17. The number of hydrogen-bond acceptors (Lipinski definition) is 5. The number of H-pyrrole nitrogens is 1. The highest BCUT2D eigenvalue weighted by atomic mass is 32.2. The molecule has 18 heavy (non-hydrogen) atoms. The van der Waals surface area contributed by atoms with Crippen LogP contribution < -0.4 is 0 Å². The number of carbonyl (C=O) groups excluding carboxylic acids is 1. The minimum atomic E-state index is -0.520. The van der Waals surface area contributed by atoms with Gasteiger partial charge < -0.3 is 4.98 Å². The molecular formula is C11H17N3O3S. The van der Waals surface area contributed by atoms with Gasteiger partial charge in [-0.25, -0.2) is 0 Å². The summed E-state index contributed by atoms with van der Waals surface area (Å²) >= 11 is 1.72. The summed E-state index contributed by atoms with van der Waals surface area (Å²) < 4.78 is 0. The molecule has 0 amide bonds. The Labute approximate surface area is 110 Å². The maximum atomic E-state index is 11.9. The van der Waals surface area contributed by atoms with Gasteiger partial charge in [-0.15, -0.1) is 0 Å². The number of Topliss-reactive ketones (excluding diaryl/α,β-unsaturated/α-hetero) is 1. The number of hydrogen-bond donors (Lipinski definition) is 1. The molecule has 7 heteroatoms. The van der Waals surface area contributed by atoms with Crippen LogP contribution in [0, 0.1) is 10.1 Å². The number of aromatic nitrogens is 1. The number of carbonyl (C=O) groups is 1. The van der Waals surface area contributed by atoms with Crippen LogP contribution >= 0.6 is 11.8 Å². The second-order valence-corrected chi connectivity index (χ2v) is 5.08. The molecule has 0 spiro atoms. The minimum Gasteiger partial charge on any atom is -0.353 e. The number of aromatic amines is 1. The molecule has 0 bridgehead atoms. The third kappa shape index (κ3) is 3.85. The largest absolute Gasteiger partial charge is 0.353 e. The highest BCUT2D eigenvalue weighted by molar-refractivity contribution is 7.98. The van der Waals surface area contributed by atoms with E-state index in [1.165, 1.54) is 12.3 Å². The van der Waals surface area contributed by atoms with Crippen molar-refractivity contribution < 1.29 is 9.72 Å². The van der Waals surface area contributed by atoms with Crippen LogP contribution in [0.25, 0.3) is 0 Å². The Kier molecular flexibility index (Phi) is 5.36. The Morgan fingerprint density at radius 2 is 2.33 bits per heavy atom. The van der Waals surface area contributed by atoms with Gasteiger partial charge in [0.2, 0.25) is 0 Å². The predicted molar refractivity (Wildman–Crippen MR) is 72.3 cm³/mol. The van der Waals surface area contributed by atoms with Crippen molar-refractivity contribution in [2.24, 2.45) is 0 Å². The normalized spacial score (nSPS) is 12.7. The Hall–Kier alpha value is -1.34. The van der Waals surface area contributed by atoms with Crippen LogP contribution in [0.15, 0.2) is 12.3 Å². The van der Waals surface area contributed by atoms with Gasteiger partial charge in [-0.05, 0) is 20.2 Å². The highest BCUT2D eigenvalue weighted by Gasteiger charge is 2.18. The lowest BCUT2D eigenvalue weighted by Gasteiger charge is -2.22. The first kappa shape index (κ1) is 14.7. The summed E-state index contributed by atoms with van der Waals surface area (Å²) in [6, 6.07) is 1.56. The molecule has 0 aliphatic carbocycles. The zero-order valence-electron chi connectivity index (χ0n) is 10.7. The van der Waals surface area contributed by atoms with E-state index in [0.717, 1.165) is 5.75 Å². The number of rotatable bonds is 7. The van der Waals surface area contributed by atoms with Crippen molar-refractivity contribution >= 4 is 23.2 Å². The summed E-state index contributed by atoms with van der Waals surface area (Å²) in [6.45, 7) is 2.29. The van der Waals surface area contributed by atoms with Crippen LogP contribution in [0.5, 0.6) is 0 Å². The van der Waals surface area contributed by atoms with Gasteiger partial charge in [0.1, 0.15) is 0 Å². The van der Waals surface area contributed by atoms with Crippen LogP contribution in [0.1, 0.15) is 17.4 Å². The summed E-state index contributed by atoms with van der Waals surface area (Å²) in [6.07, 6.45) is 3.25. The first-order valence-corrected chi connectivity index (χ1v) is 6.90. The first-order valence-electron chi connectivity index (χ1n) is 5.51. The van der Waals surface area contributed by atoms with Crippen molar-refractivity contribution in [3.05, 3.63) is 28.1 Å². The number of ketones is 1. The zero-order chi connectivity index (χ0) is 13.7. The van der Waals surface area contributed by atoms with Crippen LogP contribution in [-0.2, 0) is 0 Å². The quantitative estimate of drug-likeness (QED) is 0.464. The molecule has 1 heterocycles. The Morgan fingerprint density at radius 3 is 2.83 bits per heavy atom. The van der Waals surface area contributed by atoms with Crippen molar-refractivity contribution in [3.63, 3.8) is 0 Å². The first-order chi connectivity index (χ1) is 8.45. The van der Waals surface area contributed by atoms with E-state index in [0.29, 0.717) is 0 Å². The van der Waals surface area contributed by atoms with Crippen LogP contribution in [-0.4, -0.2) is 52.2 Å². The fourth-order valence-corrected chi connectivity index (χ4v) is 2.22. The molecule has 0 saturated carbocycles. The van der Waals surface area contributed by atoms with Gasteiger partial charge in [0.05, 0.1) is 23.4 Å². The lowest BCUT2D eigenvalue weighted by molar-refractivity contribution is -0.384. The standard InChI is InChI=1S/C11H17N3O3S/c1-8(7-18-3)13(2)6-11(15)10-4-9(5-12-10)14(16)17/h4-5,8,12H,6-7H2,1-3H3. The molecule has 1 atom stereocenters. The van der Waals surface area contributed by atoms with Crippen LogP contribution in [0.4, 0.5) is 5.69 Å². The van der Waals surface area contributed by atoms with Gasteiger partial charge in [-0.1, -0.05) is 0 Å². The molecule has 1 unspecified atom stereocenters. The van der Waals surface area contributed by atoms with Crippen molar-refractivity contribution in [2.45, 2.75) is 13.0 Å². The summed E-state index contributed by atoms with van der Waals surface area (Å²) in [7, 11) is 1.87. The number of nitro groups is 1. The molecule has 0 aliphatic heterocycles. The summed E-state index contributed by atoms with van der Waals surface area (Å²) in [4.78, 5) is 26.5. The van der Waals surface area contributed by atoms with E-state index >= 15 is 0 Å². The maximum absolute atomic E-state index is 11.9. The molecule has 0 fully saturated rings.